The number of nitrogens with zero attached hydrogens (tertiary/aromatic N) is 1. The Morgan fingerprint density at radius 3 is 2.43 bits per heavy atom. The first-order valence-corrected chi connectivity index (χ1v) is 11.8. The van der Waals surface area contributed by atoms with Gasteiger partial charge in [-0.1, -0.05) is 6.07 Å². The Kier molecular flexibility index (Phi) is 9.25. The Morgan fingerprint density at radius 1 is 1.20 bits per heavy atom. The monoisotopic (exact) mass is 507 g/mol. The number of benzene rings is 2. The molecule has 35 heavy (non-hydrogen) atoms. The van der Waals surface area contributed by atoms with E-state index in [-0.39, 0.29) is 17.9 Å². The van der Waals surface area contributed by atoms with Gasteiger partial charge in [-0.3, -0.25) is 25.1 Å². The zero-order chi connectivity index (χ0) is 26.2. The van der Waals surface area contributed by atoms with Crippen molar-refractivity contribution in [2.75, 3.05) is 11.9 Å². The molecule has 188 valence electrons. The molecule has 0 saturated carbocycles. The molecule has 13 nitrogen and oxygen atoms in total. The second kappa shape index (κ2) is 11.9. The number of rotatable bonds is 13. The van der Waals surface area contributed by atoms with Gasteiger partial charge in [0.05, 0.1) is 11.5 Å². The van der Waals surface area contributed by atoms with E-state index in [0.717, 1.165) is 13.0 Å². The summed E-state index contributed by atoms with van der Waals surface area (Å²) in [5, 5.41) is 30.2. The van der Waals surface area contributed by atoms with E-state index in [9.17, 15) is 28.1 Å². The molecule has 0 bridgehead atoms. The number of sulfonamides is 1. The lowest BCUT2D eigenvalue weighted by atomic mass is 10.2. The molecule has 2 rings (SSSR count). The average Bonchev–Trinajstić information content (AvgIpc) is 2.78. The number of aliphatic carboxylic acids is 1. The van der Waals surface area contributed by atoms with Crippen LogP contribution in [0.2, 0.25) is 0 Å². The number of carboxylic acids is 1. The molecule has 0 saturated heterocycles. The zero-order valence-corrected chi connectivity index (χ0v) is 19.5. The van der Waals surface area contributed by atoms with E-state index in [1.165, 1.54) is 12.1 Å². The quantitative estimate of drug-likeness (QED) is 0.0877. The smallest absolute Gasteiger partial charge is 0.321 e. The lowest BCUT2D eigenvalue weighted by Gasteiger charge is -2.13. The SMILES string of the molecule is C[C@H](NS(=O)(=O)c1cccc(NC(=O)CCCCOc2ccc(C(=N)N)cc2)c1[N+](=O)[O-])C(=O)O. The number of nitrogen functional groups attached to an aromatic ring is 1. The maximum atomic E-state index is 12.5. The van der Waals surface area contributed by atoms with Crippen LogP contribution in [0.15, 0.2) is 47.4 Å². The molecule has 0 aliphatic heterocycles. The van der Waals surface area contributed by atoms with Crippen LogP contribution in [-0.4, -0.2) is 48.8 Å². The molecule has 0 fully saturated rings. The summed E-state index contributed by atoms with van der Waals surface area (Å²) in [7, 11) is -4.56. The molecule has 2 aromatic rings. The van der Waals surface area contributed by atoms with E-state index in [1.807, 2.05) is 4.72 Å². The van der Waals surface area contributed by atoms with Gasteiger partial charge in [0.1, 0.15) is 23.3 Å². The van der Waals surface area contributed by atoms with Gasteiger partial charge in [0, 0.05) is 12.0 Å². The molecule has 0 spiro atoms. The van der Waals surface area contributed by atoms with Crippen LogP contribution >= 0.6 is 0 Å². The van der Waals surface area contributed by atoms with Crippen LogP contribution < -0.4 is 20.5 Å². The average molecular weight is 508 g/mol. The van der Waals surface area contributed by atoms with Crippen LogP contribution in [-0.2, 0) is 19.6 Å². The largest absolute Gasteiger partial charge is 0.494 e. The van der Waals surface area contributed by atoms with Crippen LogP contribution in [0, 0.1) is 15.5 Å². The van der Waals surface area contributed by atoms with Gasteiger partial charge in [-0.2, -0.15) is 4.72 Å². The molecule has 6 N–H and O–H groups in total. The third-order valence-corrected chi connectivity index (χ3v) is 6.25. The minimum Gasteiger partial charge on any atom is -0.494 e. The maximum absolute atomic E-state index is 12.5. The van der Waals surface area contributed by atoms with Gasteiger partial charge in [0.2, 0.25) is 15.9 Å². The second-order valence-corrected chi connectivity index (χ2v) is 9.06. The van der Waals surface area contributed by atoms with Crippen molar-refractivity contribution >= 4 is 39.1 Å². The molecule has 0 radical (unpaired) electrons. The number of nitrogens with one attached hydrogen (secondary N) is 3. The summed E-state index contributed by atoms with van der Waals surface area (Å²) in [6.45, 7) is 1.37. The number of para-hydroxylation sites is 1. The molecule has 0 aliphatic rings. The van der Waals surface area contributed by atoms with Crippen LogP contribution in [0.3, 0.4) is 0 Å². The van der Waals surface area contributed by atoms with Crippen molar-refractivity contribution in [1.29, 1.82) is 5.41 Å². The summed E-state index contributed by atoms with van der Waals surface area (Å²) in [6, 6.07) is 8.43. The van der Waals surface area contributed by atoms with Gasteiger partial charge in [-0.05, 0) is 56.2 Å². The van der Waals surface area contributed by atoms with Crippen molar-refractivity contribution < 1.29 is 32.8 Å². The minimum absolute atomic E-state index is 0.00490. The summed E-state index contributed by atoms with van der Waals surface area (Å²) >= 11 is 0. The van der Waals surface area contributed by atoms with E-state index in [0.29, 0.717) is 30.8 Å². The highest BCUT2D eigenvalue weighted by Crippen LogP contribution is 2.32. The number of carbonyl (C=O) groups excluding carboxylic acids is 1. The predicted octanol–water partition coefficient (Wildman–Crippen LogP) is 1.82. The molecule has 1 atom stereocenters. The molecule has 0 aromatic heterocycles. The van der Waals surface area contributed by atoms with Crippen LogP contribution in [0.4, 0.5) is 11.4 Å². The Balaban J connectivity index is 1.97. The minimum atomic E-state index is -4.56. The Labute approximate surface area is 201 Å². The summed E-state index contributed by atoms with van der Waals surface area (Å²) in [6.07, 6.45) is 0.880. The van der Waals surface area contributed by atoms with Crippen molar-refractivity contribution in [1.82, 2.24) is 4.72 Å². The lowest BCUT2D eigenvalue weighted by Crippen LogP contribution is -2.38. The van der Waals surface area contributed by atoms with Gasteiger partial charge < -0.3 is 20.9 Å². The fourth-order valence-electron chi connectivity index (χ4n) is 2.90. The number of carboxylic acid groups (broad SMARTS) is 1. The number of anilines is 1. The highest BCUT2D eigenvalue weighted by atomic mass is 32.2. The fourth-order valence-corrected chi connectivity index (χ4v) is 4.29. The summed E-state index contributed by atoms with van der Waals surface area (Å²) in [4.78, 5) is 33.1. The van der Waals surface area contributed by atoms with E-state index in [4.69, 9.17) is 21.0 Å². The van der Waals surface area contributed by atoms with Crippen molar-refractivity contribution in [2.24, 2.45) is 5.73 Å². The number of amidine groups is 1. The van der Waals surface area contributed by atoms with E-state index < -0.39 is 43.4 Å². The highest BCUT2D eigenvalue weighted by molar-refractivity contribution is 7.89. The van der Waals surface area contributed by atoms with Gasteiger partial charge in [0.25, 0.3) is 0 Å². The predicted molar refractivity (Wildman–Crippen MR) is 126 cm³/mol. The van der Waals surface area contributed by atoms with Gasteiger partial charge in [-0.25, -0.2) is 8.42 Å². The first-order chi connectivity index (χ1) is 16.4. The van der Waals surface area contributed by atoms with Crippen molar-refractivity contribution in [3.8, 4) is 5.75 Å². The van der Waals surface area contributed by atoms with Crippen molar-refractivity contribution in [3.63, 3.8) is 0 Å². The van der Waals surface area contributed by atoms with Crippen LogP contribution in [0.1, 0.15) is 31.7 Å². The number of nitrogens with two attached hydrogens (primary N) is 1. The van der Waals surface area contributed by atoms with E-state index >= 15 is 0 Å². The fraction of sp³-hybridized carbons (Fsp3) is 0.286. The Morgan fingerprint density at radius 2 is 1.86 bits per heavy atom. The number of amides is 1. The molecule has 0 unspecified atom stereocenters. The molecule has 0 aliphatic carbocycles. The lowest BCUT2D eigenvalue weighted by molar-refractivity contribution is -0.386. The molecular formula is C21H25N5O8S. The summed E-state index contributed by atoms with van der Waals surface area (Å²) in [5.74, 6) is -1.52. The summed E-state index contributed by atoms with van der Waals surface area (Å²) in [5.41, 5.74) is 4.75. The van der Waals surface area contributed by atoms with Crippen molar-refractivity contribution in [2.45, 2.75) is 37.1 Å². The highest BCUT2D eigenvalue weighted by Gasteiger charge is 2.31. The first-order valence-electron chi connectivity index (χ1n) is 10.3. The normalized spacial score (nSPS) is 11.9. The van der Waals surface area contributed by atoms with Gasteiger partial charge >= 0.3 is 11.7 Å². The first kappa shape index (κ1) is 27.2. The molecule has 1 amide bonds. The third-order valence-electron chi connectivity index (χ3n) is 4.68. The van der Waals surface area contributed by atoms with Crippen LogP contribution in [0.25, 0.3) is 0 Å². The zero-order valence-electron chi connectivity index (χ0n) is 18.7. The second-order valence-electron chi connectivity index (χ2n) is 7.38. The number of hydrogen-bond acceptors (Lipinski definition) is 8. The topological polar surface area (TPSA) is 215 Å². The van der Waals surface area contributed by atoms with Gasteiger partial charge in [0.15, 0.2) is 4.90 Å². The standard InChI is InChI=1S/C21H25N5O8S/c1-13(21(28)29)25-35(32,33)17-6-4-5-16(19(17)26(30)31)24-18(27)7-2-3-12-34-15-10-8-14(9-11-15)20(22)23/h4-6,8-11,13,25H,2-3,7,12H2,1H3,(H3,22,23)(H,24,27)(H,28,29)/t13-/m0/s1. The molecule has 14 heteroatoms. The van der Waals surface area contributed by atoms with Crippen LogP contribution in [0.5, 0.6) is 5.75 Å². The number of nitro benzene ring substituents is 1. The number of unbranched alkanes of at least 4 members (excludes halogenated alkanes) is 1. The molecular weight excluding hydrogens is 482 g/mol. The number of nitro groups is 1. The maximum Gasteiger partial charge on any atom is 0.321 e. The summed E-state index contributed by atoms with van der Waals surface area (Å²) < 4.78 is 32.4. The van der Waals surface area contributed by atoms with E-state index in [1.54, 1.807) is 24.3 Å². The van der Waals surface area contributed by atoms with E-state index in [2.05, 4.69) is 5.32 Å². The number of hydrogen-bond donors (Lipinski definition) is 5. The number of ether oxygens (including phenoxy) is 1. The Hall–Kier alpha value is -4.04. The molecule has 0 heterocycles. The third kappa shape index (κ3) is 7.75. The molecule has 2 aromatic carbocycles. The Bertz CT molecular complexity index is 1210. The van der Waals surface area contributed by atoms with Crippen molar-refractivity contribution in [3.05, 3.63) is 58.1 Å². The van der Waals surface area contributed by atoms with Gasteiger partial charge in [-0.15, -0.1) is 0 Å². The number of carbonyl (C=O) groups is 2.